The predicted molar refractivity (Wildman–Crippen MR) is 93.1 cm³/mol. The van der Waals surface area contributed by atoms with Crippen molar-refractivity contribution < 1.29 is 17.2 Å². The topological polar surface area (TPSA) is 41.1 Å². The van der Waals surface area contributed by atoms with Gasteiger partial charge in [0.2, 0.25) is 5.91 Å². The summed E-state index contributed by atoms with van der Waals surface area (Å²) < 4.78 is 0. The van der Waals surface area contributed by atoms with Crippen molar-refractivity contribution >= 4 is 5.91 Å². The van der Waals surface area contributed by atoms with Crippen LogP contribution in [0, 0.1) is 0 Å². The molecule has 0 radical (unpaired) electrons. The minimum Gasteiger partial charge on any atom is -1.00 e. The van der Waals surface area contributed by atoms with Crippen LogP contribution in [0.5, 0.6) is 0 Å². The summed E-state index contributed by atoms with van der Waals surface area (Å²) in [6.45, 7) is 2.85. The molecule has 4 heteroatoms. The number of carbonyl (C=O) groups is 1. The van der Waals surface area contributed by atoms with Gasteiger partial charge in [-0.2, -0.15) is 0 Å². The molecule has 2 aromatic carbocycles. The zero-order valence-corrected chi connectivity index (χ0v) is 14.7. The first-order valence-corrected chi connectivity index (χ1v) is 8.37. The molecule has 1 heterocycles. The van der Waals surface area contributed by atoms with Crippen molar-refractivity contribution in [3.8, 4) is 0 Å². The molecule has 128 valence electrons. The Kier molecular flexibility index (Phi) is 6.83. The van der Waals surface area contributed by atoms with Gasteiger partial charge in [-0.15, -0.1) is 0 Å². The Balaban J connectivity index is 0.00000208. The lowest BCUT2D eigenvalue weighted by molar-refractivity contribution is -0.124. The van der Waals surface area contributed by atoms with E-state index in [0.717, 1.165) is 25.8 Å². The van der Waals surface area contributed by atoms with Crippen molar-refractivity contribution in [3.63, 3.8) is 0 Å². The molecule has 0 aromatic heterocycles. The number of benzene rings is 2. The monoisotopic (exact) mass is 343 g/mol. The van der Waals surface area contributed by atoms with Gasteiger partial charge in [-0.05, 0) is 42.9 Å². The lowest BCUT2D eigenvalue weighted by atomic mass is 9.95. The molecule has 2 atom stereocenters. The van der Waals surface area contributed by atoms with Gasteiger partial charge < -0.3 is 23.0 Å². The van der Waals surface area contributed by atoms with Gasteiger partial charge >= 0.3 is 0 Å². The van der Waals surface area contributed by atoms with E-state index >= 15 is 0 Å². The molecular weight excluding hydrogens is 320 g/mol. The van der Waals surface area contributed by atoms with Gasteiger partial charge in [0.15, 0.2) is 0 Å². The number of fused-ring (bicyclic) bond motifs is 1. The Morgan fingerprint density at radius 3 is 2.54 bits per heavy atom. The highest BCUT2D eigenvalue weighted by Gasteiger charge is 2.24. The normalized spacial score (nSPS) is 17.3. The Labute approximate surface area is 150 Å². The van der Waals surface area contributed by atoms with E-state index in [9.17, 15) is 4.79 Å². The molecule has 0 saturated carbocycles. The Morgan fingerprint density at radius 2 is 1.79 bits per heavy atom. The van der Waals surface area contributed by atoms with Crippen LogP contribution in [-0.4, -0.2) is 18.0 Å². The fraction of sp³-hybridized carbons (Fsp3) is 0.350. The van der Waals surface area contributed by atoms with Crippen LogP contribution in [0.1, 0.15) is 30.0 Å². The van der Waals surface area contributed by atoms with Crippen LogP contribution < -0.4 is 23.0 Å². The number of rotatable bonds is 5. The molecule has 0 fully saturated rings. The van der Waals surface area contributed by atoms with Gasteiger partial charge in [-0.3, -0.25) is 4.79 Å². The maximum absolute atomic E-state index is 12.5. The number of halogens is 1. The molecule has 3 rings (SSSR count). The smallest absolute Gasteiger partial charge is 0.237 e. The maximum atomic E-state index is 12.5. The summed E-state index contributed by atoms with van der Waals surface area (Å²) in [6, 6.07) is 18.8. The van der Waals surface area contributed by atoms with Crippen molar-refractivity contribution in [2.45, 2.75) is 44.8 Å². The van der Waals surface area contributed by atoms with Crippen LogP contribution in [0.3, 0.4) is 0 Å². The molecule has 1 aliphatic heterocycles. The zero-order chi connectivity index (χ0) is 16.1. The summed E-state index contributed by atoms with van der Waals surface area (Å²) in [5, 5.41) is 6.49. The number of aryl methyl sites for hydroxylation is 1. The predicted octanol–water partition coefficient (Wildman–Crippen LogP) is -0.158. The van der Waals surface area contributed by atoms with Gasteiger partial charge in [-0.1, -0.05) is 54.6 Å². The van der Waals surface area contributed by atoms with Crippen LogP contribution in [0.2, 0.25) is 0 Å². The van der Waals surface area contributed by atoms with Gasteiger partial charge in [0.1, 0.15) is 0 Å². The number of carbonyl (C=O) groups excluding carboxylic acids is 1. The van der Waals surface area contributed by atoms with Gasteiger partial charge in [0, 0.05) is 12.6 Å². The second-order valence-electron chi connectivity index (χ2n) is 6.34. The first-order valence-electron chi connectivity index (χ1n) is 8.37. The van der Waals surface area contributed by atoms with E-state index in [1.165, 1.54) is 16.7 Å². The summed E-state index contributed by atoms with van der Waals surface area (Å²) >= 11 is 0. The molecule has 0 bridgehead atoms. The van der Waals surface area contributed by atoms with Crippen molar-refractivity contribution in [3.05, 3.63) is 71.3 Å². The summed E-state index contributed by atoms with van der Waals surface area (Å²) in [5.74, 6) is 0.111. The van der Waals surface area contributed by atoms with Crippen LogP contribution in [0.25, 0.3) is 0 Å². The van der Waals surface area contributed by atoms with Crippen molar-refractivity contribution in [1.29, 1.82) is 0 Å². The fourth-order valence-corrected chi connectivity index (χ4v) is 3.08. The quantitative estimate of drug-likeness (QED) is 0.792. The lowest BCUT2D eigenvalue weighted by Crippen LogP contribution is -3.00. The molecule has 3 nitrogen and oxygen atoms in total. The van der Waals surface area contributed by atoms with Crippen molar-refractivity contribution in [2.24, 2.45) is 0 Å². The third kappa shape index (κ3) is 4.83. The maximum Gasteiger partial charge on any atom is 0.237 e. The summed E-state index contributed by atoms with van der Waals surface area (Å²) in [6.07, 6.45) is 2.72. The molecule has 1 amide bonds. The Hall–Kier alpha value is -1.84. The second kappa shape index (κ2) is 8.86. The summed E-state index contributed by atoms with van der Waals surface area (Å²) in [4.78, 5) is 12.5. The number of nitrogens with one attached hydrogen (secondary N) is 2. The zero-order valence-electron chi connectivity index (χ0n) is 14.0. The van der Waals surface area contributed by atoms with Gasteiger partial charge in [0.25, 0.3) is 0 Å². The average molecular weight is 344 g/mol. The van der Waals surface area contributed by atoms with E-state index in [-0.39, 0.29) is 30.4 Å². The summed E-state index contributed by atoms with van der Waals surface area (Å²) in [5.41, 5.74) is 3.90. The number of amides is 1. The summed E-state index contributed by atoms with van der Waals surface area (Å²) in [7, 11) is 0. The van der Waals surface area contributed by atoms with Gasteiger partial charge in [-0.25, -0.2) is 0 Å². The number of hydrogen-bond acceptors (Lipinski definition) is 2. The molecule has 0 saturated heterocycles. The largest absolute Gasteiger partial charge is 1.00 e. The van der Waals surface area contributed by atoms with E-state index in [1.807, 2.05) is 18.2 Å². The molecule has 0 aliphatic carbocycles. The molecule has 1 aliphatic rings. The van der Waals surface area contributed by atoms with Crippen LogP contribution in [0.4, 0.5) is 0 Å². The van der Waals surface area contributed by atoms with E-state index in [2.05, 4.69) is 54.0 Å². The Morgan fingerprint density at radius 1 is 1.12 bits per heavy atom. The molecule has 2 N–H and O–H groups in total. The molecule has 0 spiro atoms. The highest BCUT2D eigenvalue weighted by atomic mass is 35.5. The van der Waals surface area contributed by atoms with Crippen molar-refractivity contribution in [1.82, 2.24) is 10.6 Å². The van der Waals surface area contributed by atoms with Crippen LogP contribution >= 0.6 is 0 Å². The third-order valence-corrected chi connectivity index (χ3v) is 4.50. The fourth-order valence-electron chi connectivity index (χ4n) is 3.08. The minimum absolute atomic E-state index is 0. The van der Waals surface area contributed by atoms with E-state index in [0.29, 0.717) is 0 Å². The number of hydrogen-bond donors (Lipinski definition) is 2. The van der Waals surface area contributed by atoms with Crippen LogP contribution in [0.15, 0.2) is 54.6 Å². The Bertz CT molecular complexity index is 660. The first-order chi connectivity index (χ1) is 11.2. The van der Waals surface area contributed by atoms with E-state index in [4.69, 9.17) is 0 Å². The van der Waals surface area contributed by atoms with Crippen LogP contribution in [-0.2, 0) is 24.2 Å². The van der Waals surface area contributed by atoms with E-state index < -0.39 is 0 Å². The van der Waals surface area contributed by atoms with Gasteiger partial charge in [0.05, 0.1) is 6.04 Å². The van der Waals surface area contributed by atoms with Crippen molar-refractivity contribution in [2.75, 3.05) is 0 Å². The third-order valence-electron chi connectivity index (χ3n) is 4.50. The minimum atomic E-state index is -0.121. The first kappa shape index (κ1) is 18.5. The highest BCUT2D eigenvalue weighted by Crippen LogP contribution is 2.16. The molecule has 1 unspecified atom stereocenters. The molecular formula is C20H24ClN2O-. The SMILES string of the molecule is CC(CCc1ccccc1)NC(=O)[C@@H]1Cc2ccccc2CN1.[Cl-]. The highest BCUT2D eigenvalue weighted by molar-refractivity contribution is 5.82. The standard InChI is InChI=1S/C20H24N2O.ClH/c1-15(11-12-16-7-3-2-4-8-16)22-20(23)19-13-17-9-5-6-10-18(17)14-21-19;/h2-10,15,19,21H,11-14H2,1H3,(H,22,23);1H/p-1/t15?,19-;/m0./s1. The molecule has 24 heavy (non-hydrogen) atoms. The molecule has 2 aromatic rings. The van der Waals surface area contributed by atoms with E-state index in [1.54, 1.807) is 0 Å². The average Bonchev–Trinajstić information content (AvgIpc) is 2.60. The lowest BCUT2D eigenvalue weighted by Gasteiger charge is -2.26. The second-order valence-corrected chi connectivity index (χ2v) is 6.34.